The van der Waals surface area contributed by atoms with Gasteiger partial charge in [-0.3, -0.25) is 14.5 Å². The van der Waals surface area contributed by atoms with Crippen molar-refractivity contribution in [2.45, 2.75) is 33.6 Å². The molecule has 2 bridgehead atoms. The number of imide groups is 1. The van der Waals surface area contributed by atoms with Crippen molar-refractivity contribution in [1.82, 2.24) is 4.90 Å². The van der Waals surface area contributed by atoms with Crippen LogP contribution in [-0.4, -0.2) is 23.4 Å². The van der Waals surface area contributed by atoms with Crippen molar-refractivity contribution in [1.29, 1.82) is 0 Å². The number of nitrogens with one attached hydrogen (secondary N) is 1. The molecule has 1 heterocycles. The van der Waals surface area contributed by atoms with E-state index in [-0.39, 0.29) is 29.8 Å². The molecule has 21 heavy (non-hydrogen) atoms. The molecule has 112 valence electrons. The van der Waals surface area contributed by atoms with Gasteiger partial charge in [-0.1, -0.05) is 39.0 Å². The zero-order valence-corrected chi connectivity index (χ0v) is 12.8. The van der Waals surface area contributed by atoms with E-state index in [0.717, 1.165) is 18.5 Å². The third-order valence-electron chi connectivity index (χ3n) is 5.72. The Bertz CT molecular complexity index is 582. The van der Waals surface area contributed by atoms with Gasteiger partial charge < -0.3 is 5.32 Å². The number of benzene rings is 1. The van der Waals surface area contributed by atoms with Gasteiger partial charge in [-0.25, -0.2) is 0 Å². The standard InChI is InChI=1S/C17H22N2O2/c1-16(2)13-9-10-17(16,3)15(21)19(14(13)20)11-18-12-7-5-4-6-8-12/h4-8,13,18H,9-11H2,1-3H3/t13-,17-/m0/s1. The van der Waals surface area contributed by atoms with Crippen LogP contribution in [0.3, 0.4) is 0 Å². The lowest BCUT2D eigenvalue weighted by Crippen LogP contribution is -2.59. The number of amides is 2. The average molecular weight is 286 g/mol. The van der Waals surface area contributed by atoms with Gasteiger partial charge in [-0.2, -0.15) is 0 Å². The first-order valence-electron chi connectivity index (χ1n) is 7.53. The van der Waals surface area contributed by atoms with Crippen molar-refractivity contribution in [2.75, 3.05) is 12.0 Å². The second-order valence-electron chi connectivity index (χ2n) is 6.92. The summed E-state index contributed by atoms with van der Waals surface area (Å²) >= 11 is 0. The van der Waals surface area contributed by atoms with Crippen molar-refractivity contribution in [3.8, 4) is 0 Å². The van der Waals surface area contributed by atoms with Crippen LogP contribution < -0.4 is 5.32 Å². The highest BCUT2D eigenvalue weighted by Gasteiger charge is 2.64. The zero-order valence-electron chi connectivity index (χ0n) is 12.8. The highest BCUT2D eigenvalue weighted by Crippen LogP contribution is 2.59. The number of rotatable bonds is 3. The number of nitrogens with zero attached hydrogens (tertiary/aromatic N) is 1. The van der Waals surface area contributed by atoms with Crippen molar-refractivity contribution in [3.63, 3.8) is 0 Å². The molecule has 1 aromatic rings. The Hall–Kier alpha value is -1.84. The highest BCUT2D eigenvalue weighted by molar-refractivity contribution is 6.03. The van der Waals surface area contributed by atoms with Gasteiger partial charge >= 0.3 is 0 Å². The number of likely N-dealkylation sites (tertiary alicyclic amines) is 1. The summed E-state index contributed by atoms with van der Waals surface area (Å²) in [4.78, 5) is 26.9. The minimum atomic E-state index is -0.427. The third-order valence-corrected chi connectivity index (χ3v) is 5.72. The van der Waals surface area contributed by atoms with Crippen LogP contribution in [0.25, 0.3) is 0 Å². The number of carbonyl (C=O) groups is 2. The maximum absolute atomic E-state index is 12.8. The van der Waals surface area contributed by atoms with E-state index in [4.69, 9.17) is 0 Å². The molecule has 4 heteroatoms. The topological polar surface area (TPSA) is 49.4 Å². The normalized spacial score (nSPS) is 30.6. The number of hydrogen-bond acceptors (Lipinski definition) is 3. The van der Waals surface area contributed by atoms with E-state index >= 15 is 0 Å². The van der Waals surface area contributed by atoms with E-state index in [1.54, 1.807) is 0 Å². The van der Waals surface area contributed by atoms with E-state index in [0.29, 0.717) is 0 Å². The Morgan fingerprint density at radius 2 is 1.86 bits per heavy atom. The largest absolute Gasteiger partial charge is 0.367 e. The minimum Gasteiger partial charge on any atom is -0.367 e. The van der Waals surface area contributed by atoms with Crippen LogP contribution in [-0.2, 0) is 9.59 Å². The number of para-hydroxylation sites is 1. The van der Waals surface area contributed by atoms with Crippen LogP contribution in [0.4, 0.5) is 5.69 Å². The molecule has 1 aliphatic carbocycles. The molecule has 1 aromatic carbocycles. The highest BCUT2D eigenvalue weighted by atomic mass is 16.2. The predicted octanol–water partition coefficient (Wildman–Crippen LogP) is 2.87. The third kappa shape index (κ3) is 1.88. The molecule has 0 unspecified atom stereocenters. The fraction of sp³-hybridized carbons (Fsp3) is 0.529. The maximum atomic E-state index is 12.8. The molecule has 0 radical (unpaired) electrons. The number of anilines is 1. The zero-order chi connectivity index (χ0) is 15.3. The van der Waals surface area contributed by atoms with E-state index in [1.165, 1.54) is 4.90 Å². The number of hydrogen-bond donors (Lipinski definition) is 1. The Morgan fingerprint density at radius 1 is 1.19 bits per heavy atom. The summed E-state index contributed by atoms with van der Waals surface area (Å²) in [7, 11) is 0. The molecule has 0 spiro atoms. The SMILES string of the molecule is CC1(C)[C@H]2CC[C@@]1(C)C(=O)N(CNc1ccccc1)C2=O. The molecule has 1 saturated carbocycles. The fourth-order valence-electron chi connectivity index (χ4n) is 3.78. The molecule has 2 amide bonds. The van der Waals surface area contributed by atoms with Crippen LogP contribution >= 0.6 is 0 Å². The predicted molar refractivity (Wildman–Crippen MR) is 81.4 cm³/mol. The summed E-state index contributed by atoms with van der Waals surface area (Å²) in [5.74, 6) is -0.101. The lowest BCUT2D eigenvalue weighted by atomic mass is 9.62. The summed E-state index contributed by atoms with van der Waals surface area (Å²) < 4.78 is 0. The molecule has 2 aliphatic rings. The number of piperidine rings is 1. The van der Waals surface area contributed by atoms with Crippen molar-refractivity contribution >= 4 is 17.5 Å². The van der Waals surface area contributed by atoms with E-state index in [9.17, 15) is 9.59 Å². The maximum Gasteiger partial charge on any atom is 0.237 e. The van der Waals surface area contributed by atoms with Crippen molar-refractivity contribution in [2.24, 2.45) is 16.7 Å². The van der Waals surface area contributed by atoms with E-state index < -0.39 is 5.41 Å². The van der Waals surface area contributed by atoms with Gasteiger partial charge in [0, 0.05) is 11.6 Å². The Kier molecular flexibility index (Phi) is 3.08. The van der Waals surface area contributed by atoms with Gasteiger partial charge in [0.25, 0.3) is 0 Å². The van der Waals surface area contributed by atoms with Crippen LogP contribution in [0.2, 0.25) is 0 Å². The summed E-state index contributed by atoms with van der Waals surface area (Å²) in [6.07, 6.45) is 1.62. The second kappa shape index (κ2) is 4.58. The Labute approximate surface area is 125 Å². The second-order valence-corrected chi connectivity index (χ2v) is 6.92. The molecule has 2 fully saturated rings. The van der Waals surface area contributed by atoms with Crippen LogP contribution in [0.1, 0.15) is 33.6 Å². The molecule has 3 rings (SSSR count). The summed E-state index contributed by atoms with van der Waals surface area (Å²) in [6.45, 7) is 6.38. The van der Waals surface area contributed by atoms with Crippen molar-refractivity contribution in [3.05, 3.63) is 30.3 Å². The smallest absolute Gasteiger partial charge is 0.237 e. The van der Waals surface area contributed by atoms with Gasteiger partial charge in [0.2, 0.25) is 11.8 Å². The van der Waals surface area contributed by atoms with Gasteiger partial charge in [-0.15, -0.1) is 0 Å². The monoisotopic (exact) mass is 286 g/mol. The molecule has 0 aromatic heterocycles. The molecule has 4 nitrogen and oxygen atoms in total. The molecule has 1 aliphatic heterocycles. The van der Waals surface area contributed by atoms with Crippen molar-refractivity contribution < 1.29 is 9.59 Å². The van der Waals surface area contributed by atoms with Gasteiger partial charge in [0.15, 0.2) is 0 Å². The first-order valence-corrected chi connectivity index (χ1v) is 7.53. The fourth-order valence-corrected chi connectivity index (χ4v) is 3.78. The lowest BCUT2D eigenvalue weighted by molar-refractivity contribution is -0.167. The van der Waals surface area contributed by atoms with Gasteiger partial charge in [0.1, 0.15) is 0 Å². The average Bonchev–Trinajstić information content (AvgIpc) is 2.65. The van der Waals surface area contributed by atoms with Gasteiger partial charge in [0.05, 0.1) is 12.1 Å². The number of fused-ring (bicyclic) bond motifs is 2. The number of carbonyl (C=O) groups excluding carboxylic acids is 2. The van der Waals surface area contributed by atoms with Crippen LogP contribution in [0, 0.1) is 16.7 Å². The molecule has 1 N–H and O–H groups in total. The Morgan fingerprint density at radius 3 is 2.52 bits per heavy atom. The van der Waals surface area contributed by atoms with Gasteiger partial charge in [-0.05, 0) is 30.4 Å². The molecule has 1 saturated heterocycles. The molecular weight excluding hydrogens is 264 g/mol. The first kappa shape index (κ1) is 14.1. The molecule has 2 atom stereocenters. The summed E-state index contributed by atoms with van der Waals surface area (Å²) in [5.41, 5.74) is 0.245. The minimum absolute atomic E-state index is 0.0246. The van der Waals surface area contributed by atoms with Crippen LogP contribution in [0.5, 0.6) is 0 Å². The first-order chi connectivity index (χ1) is 9.88. The summed E-state index contributed by atoms with van der Waals surface area (Å²) in [6, 6.07) is 9.65. The molecular formula is C17H22N2O2. The van der Waals surface area contributed by atoms with Crippen LogP contribution in [0.15, 0.2) is 30.3 Å². The lowest BCUT2D eigenvalue weighted by Gasteiger charge is -2.47. The van der Waals surface area contributed by atoms with E-state index in [2.05, 4.69) is 19.2 Å². The summed E-state index contributed by atoms with van der Waals surface area (Å²) in [5, 5.41) is 3.17. The Balaban J connectivity index is 1.81. The quantitative estimate of drug-likeness (QED) is 0.869. The van der Waals surface area contributed by atoms with E-state index in [1.807, 2.05) is 37.3 Å².